The molecule has 2 rings (SSSR count). The molecule has 15 heavy (non-hydrogen) atoms. The zero-order valence-electron chi connectivity index (χ0n) is 8.13. The second-order valence-electron chi connectivity index (χ2n) is 3.10. The third-order valence-corrected chi connectivity index (χ3v) is 3.00. The molecule has 0 saturated carbocycles. The van der Waals surface area contributed by atoms with E-state index in [0.29, 0.717) is 6.54 Å². The molecule has 0 aliphatic heterocycles. The first-order valence-corrected chi connectivity index (χ1v) is 5.55. The van der Waals surface area contributed by atoms with Gasteiger partial charge >= 0.3 is 0 Å². The Morgan fingerprint density at radius 3 is 2.87 bits per heavy atom. The number of hydrogen-bond donors (Lipinski definition) is 2. The minimum atomic E-state index is -0.0572. The van der Waals surface area contributed by atoms with Crippen molar-refractivity contribution in [1.82, 2.24) is 9.78 Å². The average Bonchev–Trinajstić information content (AvgIpc) is 2.84. The lowest BCUT2D eigenvalue weighted by Gasteiger charge is -2.00. The Balaban J connectivity index is 2.34. The van der Waals surface area contributed by atoms with E-state index in [0.717, 1.165) is 16.3 Å². The van der Waals surface area contributed by atoms with Crippen LogP contribution >= 0.6 is 11.3 Å². The topological polar surface area (TPSA) is 58.3 Å². The Labute approximate surface area is 91.4 Å². The van der Waals surface area contributed by atoms with E-state index in [1.54, 1.807) is 16.0 Å². The van der Waals surface area contributed by atoms with Crippen molar-refractivity contribution in [1.29, 1.82) is 0 Å². The maximum absolute atomic E-state index is 9.12. The number of aliphatic hydroxyl groups excluding tert-OH is 2. The lowest BCUT2D eigenvalue weighted by Crippen LogP contribution is -2.07. The van der Waals surface area contributed by atoms with E-state index in [1.807, 2.05) is 23.6 Å². The zero-order valence-corrected chi connectivity index (χ0v) is 8.94. The summed E-state index contributed by atoms with van der Waals surface area (Å²) in [6.45, 7) is 0.387. The van der Waals surface area contributed by atoms with Gasteiger partial charge in [0.1, 0.15) is 5.69 Å². The van der Waals surface area contributed by atoms with Gasteiger partial charge in [-0.2, -0.15) is 5.10 Å². The smallest absolute Gasteiger partial charge is 0.103 e. The van der Waals surface area contributed by atoms with Gasteiger partial charge in [-0.3, -0.25) is 4.68 Å². The minimum Gasteiger partial charge on any atom is -0.394 e. The molecule has 5 heteroatoms. The van der Waals surface area contributed by atoms with Crippen molar-refractivity contribution < 1.29 is 10.2 Å². The van der Waals surface area contributed by atoms with Crippen LogP contribution in [0.5, 0.6) is 0 Å². The Morgan fingerprint density at radius 1 is 1.40 bits per heavy atom. The van der Waals surface area contributed by atoms with Crippen LogP contribution in [0.15, 0.2) is 23.6 Å². The van der Waals surface area contributed by atoms with Crippen LogP contribution in [0.1, 0.15) is 5.69 Å². The first-order valence-electron chi connectivity index (χ1n) is 4.67. The van der Waals surface area contributed by atoms with Crippen molar-refractivity contribution in [3.63, 3.8) is 0 Å². The molecule has 2 aromatic rings. The van der Waals surface area contributed by atoms with Crippen LogP contribution in [0.4, 0.5) is 0 Å². The minimum absolute atomic E-state index is 0.0263. The first kappa shape index (κ1) is 10.4. The van der Waals surface area contributed by atoms with Crippen LogP contribution in [-0.2, 0) is 13.2 Å². The van der Waals surface area contributed by atoms with Crippen molar-refractivity contribution in [3.8, 4) is 10.6 Å². The molecule has 0 atom stereocenters. The average molecular weight is 224 g/mol. The fraction of sp³-hybridized carbons (Fsp3) is 0.300. The highest BCUT2D eigenvalue weighted by molar-refractivity contribution is 7.13. The second-order valence-corrected chi connectivity index (χ2v) is 4.05. The highest BCUT2D eigenvalue weighted by Crippen LogP contribution is 2.24. The number of thiophene rings is 1. The monoisotopic (exact) mass is 224 g/mol. The fourth-order valence-electron chi connectivity index (χ4n) is 1.42. The molecule has 0 saturated heterocycles. The maximum atomic E-state index is 9.12. The van der Waals surface area contributed by atoms with Crippen LogP contribution in [-0.4, -0.2) is 26.6 Å². The van der Waals surface area contributed by atoms with Crippen molar-refractivity contribution in [2.75, 3.05) is 6.61 Å². The van der Waals surface area contributed by atoms with Gasteiger partial charge in [0.2, 0.25) is 0 Å². The lowest BCUT2D eigenvalue weighted by atomic mass is 10.3. The quantitative estimate of drug-likeness (QED) is 0.817. The predicted octanol–water partition coefficient (Wildman–Crippen LogP) is 1.10. The molecule has 0 radical (unpaired) electrons. The summed E-state index contributed by atoms with van der Waals surface area (Å²) in [7, 11) is 0. The summed E-state index contributed by atoms with van der Waals surface area (Å²) >= 11 is 1.61. The van der Waals surface area contributed by atoms with Gasteiger partial charge in [0.05, 0.1) is 30.3 Å². The van der Waals surface area contributed by atoms with Gasteiger partial charge in [-0.1, -0.05) is 6.07 Å². The molecule has 0 aromatic carbocycles. The SMILES string of the molecule is OCCn1nc(-c2cccs2)cc1CO. The van der Waals surface area contributed by atoms with Gasteiger partial charge in [0.15, 0.2) is 0 Å². The van der Waals surface area contributed by atoms with Gasteiger partial charge in [0, 0.05) is 0 Å². The molecular formula is C10H12N2O2S. The second kappa shape index (κ2) is 4.57. The number of nitrogens with zero attached hydrogens (tertiary/aromatic N) is 2. The highest BCUT2D eigenvalue weighted by Gasteiger charge is 2.08. The van der Waals surface area contributed by atoms with Crippen LogP contribution in [0.3, 0.4) is 0 Å². The molecular weight excluding hydrogens is 212 g/mol. The van der Waals surface area contributed by atoms with Crippen molar-refractivity contribution >= 4 is 11.3 Å². The summed E-state index contributed by atoms with van der Waals surface area (Å²) < 4.78 is 1.63. The molecule has 4 nitrogen and oxygen atoms in total. The van der Waals surface area contributed by atoms with E-state index >= 15 is 0 Å². The number of aliphatic hydroxyl groups is 2. The lowest BCUT2D eigenvalue weighted by molar-refractivity contribution is 0.244. The molecule has 0 amide bonds. The predicted molar refractivity (Wildman–Crippen MR) is 58.5 cm³/mol. The summed E-state index contributed by atoms with van der Waals surface area (Å²) in [5, 5.41) is 24.3. The van der Waals surface area contributed by atoms with Crippen molar-refractivity contribution in [2.24, 2.45) is 0 Å². The molecule has 0 fully saturated rings. The maximum Gasteiger partial charge on any atom is 0.103 e. The molecule has 0 aliphatic carbocycles. The number of rotatable bonds is 4. The summed E-state index contributed by atoms with van der Waals surface area (Å²) in [5.41, 5.74) is 1.58. The van der Waals surface area contributed by atoms with Gasteiger partial charge in [0.25, 0.3) is 0 Å². The summed E-state index contributed by atoms with van der Waals surface area (Å²) in [5.74, 6) is 0. The Hall–Kier alpha value is -1.17. The van der Waals surface area contributed by atoms with Crippen molar-refractivity contribution in [3.05, 3.63) is 29.3 Å². The van der Waals surface area contributed by atoms with Gasteiger partial charge in [-0.15, -0.1) is 11.3 Å². The summed E-state index contributed by atoms with van der Waals surface area (Å²) in [6.07, 6.45) is 0. The Bertz CT molecular complexity index is 423. The highest BCUT2D eigenvalue weighted by atomic mass is 32.1. The van der Waals surface area contributed by atoms with E-state index < -0.39 is 0 Å². The van der Waals surface area contributed by atoms with Crippen molar-refractivity contribution in [2.45, 2.75) is 13.2 Å². The van der Waals surface area contributed by atoms with E-state index in [-0.39, 0.29) is 13.2 Å². The Kier molecular flexibility index (Phi) is 3.15. The summed E-state index contributed by atoms with van der Waals surface area (Å²) in [4.78, 5) is 1.07. The van der Waals surface area contributed by atoms with E-state index in [4.69, 9.17) is 10.2 Å². The number of hydrogen-bond acceptors (Lipinski definition) is 4. The first-order chi connectivity index (χ1) is 7.35. The van der Waals surface area contributed by atoms with E-state index in [9.17, 15) is 0 Å². The molecule has 2 N–H and O–H groups in total. The van der Waals surface area contributed by atoms with Gasteiger partial charge in [-0.25, -0.2) is 0 Å². The Morgan fingerprint density at radius 2 is 2.27 bits per heavy atom. The molecule has 80 valence electrons. The van der Waals surface area contributed by atoms with Crippen LogP contribution in [0.25, 0.3) is 10.6 Å². The molecule has 0 bridgehead atoms. The number of aromatic nitrogens is 2. The third-order valence-electron chi connectivity index (χ3n) is 2.11. The van der Waals surface area contributed by atoms with E-state index in [2.05, 4.69) is 5.10 Å². The largest absolute Gasteiger partial charge is 0.394 e. The van der Waals surface area contributed by atoms with E-state index in [1.165, 1.54) is 0 Å². The molecule has 0 aliphatic rings. The molecule has 2 aromatic heterocycles. The van der Waals surface area contributed by atoms with Crippen LogP contribution < -0.4 is 0 Å². The third kappa shape index (κ3) is 2.09. The van der Waals surface area contributed by atoms with Gasteiger partial charge in [-0.05, 0) is 17.5 Å². The van der Waals surface area contributed by atoms with Gasteiger partial charge < -0.3 is 10.2 Å². The molecule has 0 unspecified atom stereocenters. The normalized spacial score (nSPS) is 10.8. The fourth-order valence-corrected chi connectivity index (χ4v) is 2.10. The van der Waals surface area contributed by atoms with Crippen LogP contribution in [0, 0.1) is 0 Å². The zero-order chi connectivity index (χ0) is 10.7. The van der Waals surface area contributed by atoms with Crippen LogP contribution in [0.2, 0.25) is 0 Å². The summed E-state index contributed by atoms with van der Waals surface area (Å²) in [6, 6.07) is 5.79. The molecule has 2 heterocycles. The standard InChI is InChI=1S/C10H12N2O2S/c13-4-3-12-8(7-14)6-9(11-12)10-2-1-5-15-10/h1-2,5-6,13-14H,3-4,7H2. The molecule has 0 spiro atoms.